The van der Waals surface area contributed by atoms with E-state index >= 15 is 0 Å². The highest BCUT2D eigenvalue weighted by Gasteiger charge is 2.25. The van der Waals surface area contributed by atoms with Crippen LogP contribution in [0.4, 0.5) is 5.69 Å². The highest BCUT2D eigenvalue weighted by atomic mass is 16.6. The first-order valence-corrected chi connectivity index (χ1v) is 6.20. The molecule has 2 rings (SSSR count). The predicted molar refractivity (Wildman–Crippen MR) is 68.5 cm³/mol. The van der Waals surface area contributed by atoms with Gasteiger partial charge in [-0.15, -0.1) is 0 Å². The van der Waals surface area contributed by atoms with Crippen LogP contribution in [-0.4, -0.2) is 23.7 Å². The molecule has 0 bridgehead atoms. The summed E-state index contributed by atoms with van der Waals surface area (Å²) in [4.78, 5) is 10.2. The van der Waals surface area contributed by atoms with E-state index in [1.807, 2.05) is 0 Å². The zero-order valence-corrected chi connectivity index (χ0v) is 10.6. The number of nitrogens with zero attached hydrogens (tertiary/aromatic N) is 1. The molecule has 1 heterocycles. The van der Waals surface area contributed by atoms with Crippen molar-refractivity contribution in [2.24, 2.45) is 0 Å². The fourth-order valence-electron chi connectivity index (χ4n) is 2.25. The molecule has 18 heavy (non-hydrogen) atoms. The third kappa shape index (κ3) is 2.86. The standard InChI is InChI=1S/C13H18N2O3/c1-9(14-13-7-8-18-10(13)2)11-3-5-12(6-4-11)15(16)17/h3-6,9-10,13-14H,7-8H2,1-2H3. The van der Waals surface area contributed by atoms with Crippen molar-refractivity contribution in [1.29, 1.82) is 0 Å². The van der Waals surface area contributed by atoms with E-state index in [0.717, 1.165) is 18.6 Å². The van der Waals surface area contributed by atoms with Crippen molar-refractivity contribution >= 4 is 5.69 Å². The number of hydrogen-bond donors (Lipinski definition) is 1. The van der Waals surface area contributed by atoms with E-state index in [-0.39, 0.29) is 22.8 Å². The quantitative estimate of drug-likeness (QED) is 0.658. The molecule has 0 radical (unpaired) electrons. The molecule has 1 aromatic carbocycles. The fraction of sp³-hybridized carbons (Fsp3) is 0.538. The molecule has 1 N–H and O–H groups in total. The Balaban J connectivity index is 2.00. The van der Waals surface area contributed by atoms with Crippen LogP contribution in [0.3, 0.4) is 0 Å². The third-order valence-electron chi connectivity index (χ3n) is 3.44. The second-order valence-corrected chi connectivity index (χ2v) is 4.71. The normalized spacial score (nSPS) is 25.0. The Morgan fingerprint density at radius 3 is 2.61 bits per heavy atom. The van der Waals surface area contributed by atoms with Gasteiger partial charge < -0.3 is 10.1 Å². The van der Waals surface area contributed by atoms with Gasteiger partial charge in [0.1, 0.15) is 0 Å². The zero-order chi connectivity index (χ0) is 13.1. The second-order valence-electron chi connectivity index (χ2n) is 4.71. The van der Waals surface area contributed by atoms with Crippen LogP contribution < -0.4 is 5.32 Å². The summed E-state index contributed by atoms with van der Waals surface area (Å²) < 4.78 is 5.50. The smallest absolute Gasteiger partial charge is 0.269 e. The monoisotopic (exact) mass is 250 g/mol. The highest BCUT2D eigenvalue weighted by Crippen LogP contribution is 2.21. The van der Waals surface area contributed by atoms with Crippen molar-refractivity contribution < 1.29 is 9.66 Å². The molecule has 1 aliphatic rings. The molecule has 1 aromatic rings. The minimum Gasteiger partial charge on any atom is -0.377 e. The van der Waals surface area contributed by atoms with Gasteiger partial charge in [0.05, 0.1) is 11.0 Å². The summed E-state index contributed by atoms with van der Waals surface area (Å²) in [6.07, 6.45) is 1.24. The Bertz CT molecular complexity index is 419. The van der Waals surface area contributed by atoms with Crippen LogP contribution in [-0.2, 0) is 4.74 Å². The summed E-state index contributed by atoms with van der Waals surface area (Å²) >= 11 is 0. The first-order valence-electron chi connectivity index (χ1n) is 6.20. The van der Waals surface area contributed by atoms with E-state index < -0.39 is 0 Å². The first kappa shape index (κ1) is 13.0. The van der Waals surface area contributed by atoms with Crippen molar-refractivity contribution in [1.82, 2.24) is 5.32 Å². The largest absolute Gasteiger partial charge is 0.377 e. The van der Waals surface area contributed by atoms with Gasteiger partial charge in [0.15, 0.2) is 0 Å². The van der Waals surface area contributed by atoms with Crippen LogP contribution in [0.5, 0.6) is 0 Å². The van der Waals surface area contributed by atoms with E-state index in [9.17, 15) is 10.1 Å². The predicted octanol–water partition coefficient (Wildman–Crippen LogP) is 2.42. The summed E-state index contributed by atoms with van der Waals surface area (Å²) in [7, 11) is 0. The summed E-state index contributed by atoms with van der Waals surface area (Å²) in [6.45, 7) is 4.92. The third-order valence-corrected chi connectivity index (χ3v) is 3.44. The maximum atomic E-state index is 10.6. The van der Waals surface area contributed by atoms with E-state index in [4.69, 9.17) is 4.74 Å². The number of rotatable bonds is 4. The van der Waals surface area contributed by atoms with Gasteiger partial charge in [0, 0.05) is 30.8 Å². The SMILES string of the molecule is CC(NC1CCOC1C)c1ccc([N+](=O)[O-])cc1. The average molecular weight is 250 g/mol. The molecule has 3 atom stereocenters. The molecular weight excluding hydrogens is 232 g/mol. The minimum absolute atomic E-state index is 0.128. The van der Waals surface area contributed by atoms with Crippen molar-refractivity contribution in [3.8, 4) is 0 Å². The van der Waals surface area contributed by atoms with Crippen molar-refractivity contribution in [3.05, 3.63) is 39.9 Å². The number of ether oxygens (including phenoxy) is 1. The molecule has 3 unspecified atom stereocenters. The van der Waals surface area contributed by atoms with Crippen molar-refractivity contribution in [2.45, 2.75) is 38.5 Å². The van der Waals surface area contributed by atoms with E-state index in [1.54, 1.807) is 24.3 Å². The van der Waals surface area contributed by atoms with E-state index in [2.05, 4.69) is 19.2 Å². The Morgan fingerprint density at radius 1 is 1.44 bits per heavy atom. The van der Waals surface area contributed by atoms with Crippen LogP contribution in [0.25, 0.3) is 0 Å². The molecule has 0 spiro atoms. The molecule has 0 aliphatic carbocycles. The Labute approximate surface area is 106 Å². The van der Waals surface area contributed by atoms with Gasteiger partial charge in [-0.1, -0.05) is 12.1 Å². The van der Waals surface area contributed by atoms with Gasteiger partial charge in [-0.3, -0.25) is 10.1 Å². The Hall–Kier alpha value is -1.46. The fourth-order valence-corrected chi connectivity index (χ4v) is 2.25. The minimum atomic E-state index is -0.380. The molecule has 1 aliphatic heterocycles. The molecular formula is C13H18N2O3. The number of hydrogen-bond acceptors (Lipinski definition) is 4. The van der Waals surface area contributed by atoms with Gasteiger partial charge in [-0.25, -0.2) is 0 Å². The summed E-state index contributed by atoms with van der Waals surface area (Å²) in [5.74, 6) is 0. The average Bonchev–Trinajstić information content (AvgIpc) is 2.75. The van der Waals surface area contributed by atoms with E-state index in [1.165, 1.54) is 0 Å². The summed E-state index contributed by atoms with van der Waals surface area (Å²) in [6, 6.07) is 7.21. The van der Waals surface area contributed by atoms with Gasteiger partial charge in [-0.05, 0) is 25.8 Å². The Kier molecular flexibility index (Phi) is 3.93. The Morgan fingerprint density at radius 2 is 2.11 bits per heavy atom. The first-order chi connectivity index (χ1) is 8.58. The van der Waals surface area contributed by atoms with Gasteiger partial charge in [0.2, 0.25) is 0 Å². The number of nitrogens with one attached hydrogen (secondary N) is 1. The summed E-state index contributed by atoms with van der Waals surface area (Å²) in [5.41, 5.74) is 1.18. The van der Waals surface area contributed by atoms with Crippen LogP contribution in [0.1, 0.15) is 31.9 Å². The van der Waals surface area contributed by atoms with Crippen molar-refractivity contribution in [2.75, 3.05) is 6.61 Å². The highest BCUT2D eigenvalue weighted by molar-refractivity contribution is 5.34. The molecule has 0 aromatic heterocycles. The van der Waals surface area contributed by atoms with Crippen LogP contribution in [0, 0.1) is 10.1 Å². The number of benzene rings is 1. The number of nitro groups is 1. The molecule has 0 saturated carbocycles. The maximum Gasteiger partial charge on any atom is 0.269 e. The van der Waals surface area contributed by atoms with Gasteiger partial charge in [0.25, 0.3) is 5.69 Å². The molecule has 5 heteroatoms. The lowest BCUT2D eigenvalue weighted by atomic mass is 10.0. The molecule has 98 valence electrons. The topological polar surface area (TPSA) is 64.4 Å². The van der Waals surface area contributed by atoms with Crippen molar-refractivity contribution in [3.63, 3.8) is 0 Å². The summed E-state index contributed by atoms with van der Waals surface area (Å²) in [5, 5.41) is 14.1. The zero-order valence-electron chi connectivity index (χ0n) is 10.6. The van der Waals surface area contributed by atoms with Crippen LogP contribution in [0.2, 0.25) is 0 Å². The lowest BCUT2D eigenvalue weighted by Gasteiger charge is -2.21. The molecule has 5 nitrogen and oxygen atoms in total. The van der Waals surface area contributed by atoms with Gasteiger partial charge >= 0.3 is 0 Å². The molecule has 1 fully saturated rings. The molecule has 1 saturated heterocycles. The maximum absolute atomic E-state index is 10.6. The lowest BCUT2D eigenvalue weighted by molar-refractivity contribution is -0.384. The van der Waals surface area contributed by atoms with Crippen LogP contribution >= 0.6 is 0 Å². The van der Waals surface area contributed by atoms with Gasteiger partial charge in [-0.2, -0.15) is 0 Å². The second kappa shape index (κ2) is 5.46. The lowest BCUT2D eigenvalue weighted by Crippen LogP contribution is -2.36. The van der Waals surface area contributed by atoms with Crippen LogP contribution in [0.15, 0.2) is 24.3 Å². The number of non-ortho nitro benzene ring substituents is 1. The molecule has 0 amide bonds. The van der Waals surface area contributed by atoms with E-state index in [0.29, 0.717) is 6.04 Å². The number of nitro benzene ring substituents is 1.